The topological polar surface area (TPSA) is 98.0 Å². The lowest BCUT2D eigenvalue weighted by atomic mass is 10.0. The molecule has 29 heavy (non-hydrogen) atoms. The fourth-order valence-electron chi connectivity index (χ4n) is 3.21. The lowest BCUT2D eigenvalue weighted by molar-refractivity contribution is -0.115. The number of benzene rings is 2. The van der Waals surface area contributed by atoms with Gasteiger partial charge in [-0.25, -0.2) is 4.79 Å². The van der Waals surface area contributed by atoms with Crippen molar-refractivity contribution in [1.29, 1.82) is 0 Å². The molecule has 1 atom stereocenters. The van der Waals surface area contributed by atoms with E-state index in [1.165, 1.54) is 14.2 Å². The highest BCUT2D eigenvalue weighted by atomic mass is 16.5. The van der Waals surface area contributed by atoms with E-state index in [9.17, 15) is 14.7 Å². The Hall–Kier alpha value is -3.32. The Morgan fingerprint density at radius 3 is 2.62 bits per heavy atom. The minimum Gasteiger partial charge on any atom is -0.493 e. The van der Waals surface area contributed by atoms with E-state index in [1.807, 2.05) is 0 Å². The highest BCUT2D eigenvalue weighted by molar-refractivity contribution is 5.94. The Bertz CT molecular complexity index is 1120. The molecule has 0 fully saturated rings. The summed E-state index contributed by atoms with van der Waals surface area (Å²) in [4.78, 5) is 25.1. The zero-order valence-corrected chi connectivity index (χ0v) is 16.7. The molecule has 0 aliphatic carbocycles. The van der Waals surface area contributed by atoms with Crippen LogP contribution in [0.25, 0.3) is 11.0 Å². The molecule has 2 aromatic carbocycles. The largest absolute Gasteiger partial charge is 0.493 e. The molecule has 0 unspecified atom stereocenters. The van der Waals surface area contributed by atoms with Gasteiger partial charge in [0.05, 0.1) is 32.3 Å². The van der Waals surface area contributed by atoms with Crippen molar-refractivity contribution >= 4 is 22.6 Å². The molecule has 7 heteroatoms. The van der Waals surface area contributed by atoms with Crippen LogP contribution in [0, 0.1) is 6.92 Å². The number of hydrogen-bond donors (Lipinski definition) is 2. The van der Waals surface area contributed by atoms with E-state index in [4.69, 9.17) is 13.9 Å². The molecule has 0 saturated heterocycles. The van der Waals surface area contributed by atoms with Gasteiger partial charge in [-0.3, -0.25) is 4.79 Å². The normalized spacial score (nSPS) is 11.9. The van der Waals surface area contributed by atoms with Crippen LogP contribution in [-0.4, -0.2) is 25.2 Å². The third kappa shape index (κ3) is 4.09. The Balaban J connectivity index is 1.93. The quantitative estimate of drug-likeness (QED) is 0.619. The van der Waals surface area contributed by atoms with E-state index in [0.29, 0.717) is 33.7 Å². The molecule has 0 bridgehead atoms. The van der Waals surface area contributed by atoms with Crippen molar-refractivity contribution < 1.29 is 23.8 Å². The summed E-state index contributed by atoms with van der Waals surface area (Å²) < 4.78 is 16.0. The maximum atomic E-state index is 12.6. The number of rotatable bonds is 6. The molecule has 3 rings (SSSR count). The summed E-state index contributed by atoms with van der Waals surface area (Å²) >= 11 is 0. The Morgan fingerprint density at radius 1 is 1.21 bits per heavy atom. The van der Waals surface area contributed by atoms with Gasteiger partial charge in [0.15, 0.2) is 11.3 Å². The number of amides is 1. The van der Waals surface area contributed by atoms with Crippen molar-refractivity contribution in [2.45, 2.75) is 26.4 Å². The average molecular weight is 397 g/mol. The summed E-state index contributed by atoms with van der Waals surface area (Å²) in [6.45, 7) is 3.41. The summed E-state index contributed by atoms with van der Waals surface area (Å²) in [5, 5.41) is 13.1. The number of methoxy groups -OCH3 is 2. The lowest BCUT2D eigenvalue weighted by Crippen LogP contribution is -2.20. The molecule has 0 radical (unpaired) electrons. The predicted octanol–water partition coefficient (Wildman–Crippen LogP) is 3.35. The number of ether oxygens (including phenoxy) is 2. The molecule has 7 nitrogen and oxygen atoms in total. The molecule has 1 amide bonds. The smallest absolute Gasteiger partial charge is 0.340 e. The number of hydrogen-bond acceptors (Lipinski definition) is 6. The van der Waals surface area contributed by atoms with Crippen LogP contribution in [0.1, 0.15) is 29.7 Å². The van der Waals surface area contributed by atoms with Crippen LogP contribution in [0.4, 0.5) is 5.69 Å². The molecule has 2 N–H and O–H groups in total. The zero-order chi connectivity index (χ0) is 21.1. The second kappa shape index (κ2) is 8.36. The number of carbonyl (C=O) groups is 1. The van der Waals surface area contributed by atoms with Crippen LogP contribution < -0.4 is 20.4 Å². The number of carbonyl (C=O) groups excluding carboxylic acids is 1. The maximum absolute atomic E-state index is 12.6. The van der Waals surface area contributed by atoms with Gasteiger partial charge < -0.3 is 24.3 Å². The van der Waals surface area contributed by atoms with Gasteiger partial charge in [0.25, 0.3) is 0 Å². The first kappa shape index (κ1) is 20.4. The van der Waals surface area contributed by atoms with Crippen LogP contribution in [0.15, 0.2) is 45.6 Å². The molecule has 0 aliphatic heterocycles. The van der Waals surface area contributed by atoms with Gasteiger partial charge in [-0.05, 0) is 49.2 Å². The summed E-state index contributed by atoms with van der Waals surface area (Å²) in [6, 6.07) is 10.4. The van der Waals surface area contributed by atoms with E-state index < -0.39 is 11.7 Å². The van der Waals surface area contributed by atoms with Crippen molar-refractivity contribution in [2.24, 2.45) is 0 Å². The van der Waals surface area contributed by atoms with Gasteiger partial charge in [0.2, 0.25) is 11.7 Å². The van der Waals surface area contributed by atoms with Crippen molar-refractivity contribution in [3.63, 3.8) is 0 Å². The first-order valence-corrected chi connectivity index (χ1v) is 9.10. The maximum Gasteiger partial charge on any atom is 0.340 e. The molecule has 0 aliphatic rings. The Kier molecular flexibility index (Phi) is 5.89. The third-order valence-corrected chi connectivity index (χ3v) is 4.79. The van der Waals surface area contributed by atoms with Crippen LogP contribution >= 0.6 is 0 Å². The number of aliphatic hydroxyl groups is 1. The fourth-order valence-corrected chi connectivity index (χ4v) is 3.21. The Labute approximate surface area is 167 Å². The summed E-state index contributed by atoms with van der Waals surface area (Å²) in [5.41, 5.74) is 1.82. The van der Waals surface area contributed by atoms with Crippen LogP contribution in [0.5, 0.6) is 11.5 Å². The van der Waals surface area contributed by atoms with E-state index in [-0.39, 0.29) is 23.5 Å². The molecule has 0 spiro atoms. The minimum absolute atomic E-state index is 0.142. The minimum atomic E-state index is -0.645. The zero-order valence-electron chi connectivity index (χ0n) is 16.7. The van der Waals surface area contributed by atoms with E-state index >= 15 is 0 Å². The first-order chi connectivity index (χ1) is 13.8. The molecular formula is C22H23NO6. The SMILES string of the molecule is COc1ccc2c(C)c(CC(=O)Nc3cccc([C@H](C)O)c3)c(=O)oc2c1OC. The molecule has 152 valence electrons. The highest BCUT2D eigenvalue weighted by Crippen LogP contribution is 2.36. The summed E-state index contributed by atoms with van der Waals surface area (Å²) in [7, 11) is 2.97. The van der Waals surface area contributed by atoms with E-state index in [1.54, 1.807) is 50.2 Å². The number of nitrogens with one attached hydrogen (secondary N) is 1. The number of aliphatic hydroxyl groups excluding tert-OH is 1. The monoisotopic (exact) mass is 397 g/mol. The third-order valence-electron chi connectivity index (χ3n) is 4.79. The van der Waals surface area contributed by atoms with Crippen molar-refractivity contribution in [1.82, 2.24) is 0 Å². The molecule has 1 aromatic heterocycles. The second-order valence-corrected chi connectivity index (χ2v) is 6.70. The average Bonchev–Trinajstić information content (AvgIpc) is 2.70. The number of aryl methyl sites for hydroxylation is 1. The van der Waals surface area contributed by atoms with Gasteiger partial charge in [-0.15, -0.1) is 0 Å². The van der Waals surface area contributed by atoms with E-state index in [2.05, 4.69) is 5.32 Å². The van der Waals surface area contributed by atoms with Crippen molar-refractivity contribution in [3.8, 4) is 11.5 Å². The fraction of sp³-hybridized carbons (Fsp3) is 0.273. The van der Waals surface area contributed by atoms with Gasteiger partial charge in [0, 0.05) is 11.1 Å². The highest BCUT2D eigenvalue weighted by Gasteiger charge is 2.19. The van der Waals surface area contributed by atoms with Crippen molar-refractivity contribution in [3.05, 3.63) is 63.5 Å². The van der Waals surface area contributed by atoms with E-state index in [0.717, 1.165) is 0 Å². The second-order valence-electron chi connectivity index (χ2n) is 6.70. The molecular weight excluding hydrogens is 374 g/mol. The van der Waals surface area contributed by atoms with Crippen LogP contribution in [0.2, 0.25) is 0 Å². The predicted molar refractivity (Wildman–Crippen MR) is 110 cm³/mol. The van der Waals surface area contributed by atoms with Gasteiger partial charge in [0.1, 0.15) is 0 Å². The Morgan fingerprint density at radius 2 is 1.97 bits per heavy atom. The number of anilines is 1. The number of fused-ring (bicyclic) bond motifs is 1. The van der Waals surface area contributed by atoms with Crippen LogP contribution in [-0.2, 0) is 11.2 Å². The lowest BCUT2D eigenvalue weighted by Gasteiger charge is -2.13. The molecule has 1 heterocycles. The molecule has 0 saturated carbocycles. The summed E-state index contributed by atoms with van der Waals surface area (Å²) in [5.74, 6) is 0.421. The van der Waals surface area contributed by atoms with Gasteiger partial charge in [-0.2, -0.15) is 0 Å². The van der Waals surface area contributed by atoms with Crippen molar-refractivity contribution in [2.75, 3.05) is 19.5 Å². The molecule has 3 aromatic rings. The standard InChI is InChI=1S/C22H23NO6/c1-12-16-8-9-18(27-3)21(28-4)20(16)29-22(26)17(12)11-19(25)23-15-7-5-6-14(10-15)13(2)24/h5-10,13,24H,11H2,1-4H3,(H,23,25)/t13-/m0/s1. The van der Waals surface area contributed by atoms with Gasteiger partial charge >= 0.3 is 5.63 Å². The first-order valence-electron chi connectivity index (χ1n) is 9.10. The van der Waals surface area contributed by atoms with Gasteiger partial charge in [-0.1, -0.05) is 12.1 Å². The summed E-state index contributed by atoms with van der Waals surface area (Å²) in [6.07, 6.45) is -0.786. The van der Waals surface area contributed by atoms with Crippen LogP contribution in [0.3, 0.4) is 0 Å².